The van der Waals surface area contributed by atoms with Gasteiger partial charge in [-0.25, -0.2) is 4.98 Å². The number of imidazole rings is 1. The fraction of sp³-hybridized carbons (Fsp3) is 0.700. The fourth-order valence-electron chi connectivity index (χ4n) is 5.12. The molecular weight excluding hydrogens is 374 g/mol. The van der Waals surface area contributed by atoms with Crippen LogP contribution in [0.4, 0.5) is 0 Å². The van der Waals surface area contributed by atoms with Crippen LogP contribution in [0, 0.1) is 0 Å². The average molecular weight is 403 g/mol. The lowest BCUT2D eigenvalue weighted by Gasteiger charge is -2.50. The predicted octanol–water partition coefficient (Wildman–Crippen LogP) is 0.269. The Hall–Kier alpha value is -2.42. The number of hydrogen-bond donors (Lipinski definition) is 1. The van der Waals surface area contributed by atoms with Crippen LogP contribution in [0.25, 0.3) is 0 Å². The van der Waals surface area contributed by atoms with Crippen molar-refractivity contribution in [3.05, 3.63) is 17.7 Å². The number of amides is 3. The lowest BCUT2D eigenvalue weighted by atomic mass is 9.78. The number of nitrogens with zero attached hydrogens (tertiary/aromatic N) is 4. The normalized spacial score (nSPS) is 22.1. The molecule has 0 aromatic carbocycles. The number of rotatable bonds is 4. The van der Waals surface area contributed by atoms with Crippen molar-refractivity contribution in [3.8, 4) is 0 Å². The summed E-state index contributed by atoms with van der Waals surface area (Å²) in [6, 6.07) is -0.433. The molecule has 29 heavy (non-hydrogen) atoms. The van der Waals surface area contributed by atoms with E-state index in [1.165, 1.54) is 7.11 Å². The Bertz CT molecular complexity index is 799. The summed E-state index contributed by atoms with van der Waals surface area (Å²) in [5.41, 5.74) is 1.48. The second kappa shape index (κ2) is 7.78. The first kappa shape index (κ1) is 19.9. The van der Waals surface area contributed by atoms with Gasteiger partial charge in [-0.1, -0.05) is 0 Å². The molecule has 1 spiro atoms. The number of hydrogen-bond acceptors (Lipinski definition) is 5. The molecule has 1 aromatic heterocycles. The molecule has 1 aromatic rings. The maximum atomic E-state index is 13.0. The zero-order valence-electron chi connectivity index (χ0n) is 17.1. The van der Waals surface area contributed by atoms with Crippen LogP contribution in [-0.4, -0.2) is 88.3 Å². The Morgan fingerprint density at radius 2 is 2.00 bits per heavy atom. The number of aromatic nitrogens is 2. The molecule has 9 nitrogen and oxygen atoms in total. The van der Waals surface area contributed by atoms with E-state index in [0.29, 0.717) is 45.4 Å². The lowest BCUT2D eigenvalue weighted by molar-refractivity contribution is -0.150. The number of aromatic amines is 1. The number of ether oxygens (including phenoxy) is 1. The molecule has 0 unspecified atom stereocenters. The van der Waals surface area contributed by atoms with Gasteiger partial charge in [0.1, 0.15) is 12.6 Å². The Morgan fingerprint density at radius 3 is 2.66 bits per heavy atom. The molecule has 0 aliphatic carbocycles. The van der Waals surface area contributed by atoms with E-state index in [2.05, 4.69) is 9.97 Å². The standard InChI is InChI=1S/C20H29N5O4/c1-14(24-8-3-4-16(24)26)19(28)23-10-6-20(7-11-23)18-15(21-13-22-18)5-9-25(20)17(27)12-29-2/h13-14H,3-12H2,1-2H3,(H,21,22)/t14-/m0/s1. The minimum Gasteiger partial charge on any atom is -0.375 e. The molecule has 4 rings (SSSR count). The summed E-state index contributed by atoms with van der Waals surface area (Å²) in [6.45, 7) is 4.20. The Kier molecular flexibility index (Phi) is 5.33. The van der Waals surface area contributed by atoms with Crippen LogP contribution in [-0.2, 0) is 31.1 Å². The fourth-order valence-corrected chi connectivity index (χ4v) is 5.12. The predicted molar refractivity (Wildman–Crippen MR) is 104 cm³/mol. The topological polar surface area (TPSA) is 98.8 Å². The molecule has 0 radical (unpaired) electrons. The Labute approximate surface area is 170 Å². The summed E-state index contributed by atoms with van der Waals surface area (Å²) >= 11 is 0. The molecule has 0 saturated carbocycles. The summed E-state index contributed by atoms with van der Waals surface area (Å²) in [4.78, 5) is 51.0. The van der Waals surface area contributed by atoms with Crippen LogP contribution >= 0.6 is 0 Å². The van der Waals surface area contributed by atoms with Crippen LogP contribution in [0.5, 0.6) is 0 Å². The second-order valence-electron chi connectivity index (χ2n) is 8.18. The van der Waals surface area contributed by atoms with E-state index in [1.807, 2.05) is 16.7 Å². The molecule has 158 valence electrons. The van der Waals surface area contributed by atoms with Crippen molar-refractivity contribution in [2.45, 2.75) is 50.6 Å². The van der Waals surface area contributed by atoms with E-state index in [9.17, 15) is 14.4 Å². The minimum absolute atomic E-state index is 0.0112. The summed E-state index contributed by atoms with van der Waals surface area (Å²) in [6.07, 6.45) is 5.04. The highest BCUT2D eigenvalue weighted by Gasteiger charge is 2.49. The molecule has 9 heteroatoms. The van der Waals surface area contributed by atoms with Gasteiger partial charge in [-0.05, 0) is 26.2 Å². The maximum absolute atomic E-state index is 13.0. The smallest absolute Gasteiger partial charge is 0.249 e. The highest BCUT2D eigenvalue weighted by molar-refractivity contribution is 5.88. The largest absolute Gasteiger partial charge is 0.375 e. The number of carbonyl (C=O) groups is 3. The molecule has 0 bridgehead atoms. The zero-order valence-corrected chi connectivity index (χ0v) is 17.1. The summed E-state index contributed by atoms with van der Waals surface area (Å²) in [5.74, 6) is 0.00370. The Balaban J connectivity index is 1.52. The van der Waals surface area contributed by atoms with E-state index in [-0.39, 0.29) is 24.3 Å². The number of nitrogens with one attached hydrogen (secondary N) is 1. The summed E-state index contributed by atoms with van der Waals surface area (Å²) in [7, 11) is 1.52. The first-order valence-electron chi connectivity index (χ1n) is 10.4. The van der Waals surface area contributed by atoms with E-state index in [0.717, 1.165) is 24.2 Å². The minimum atomic E-state index is -0.507. The summed E-state index contributed by atoms with van der Waals surface area (Å²) < 4.78 is 5.10. The van der Waals surface area contributed by atoms with Crippen molar-refractivity contribution in [3.63, 3.8) is 0 Å². The third-order valence-corrected chi connectivity index (χ3v) is 6.67. The summed E-state index contributed by atoms with van der Waals surface area (Å²) in [5, 5.41) is 0. The van der Waals surface area contributed by atoms with Gasteiger partial charge in [0.25, 0.3) is 0 Å². The van der Waals surface area contributed by atoms with Gasteiger partial charge in [-0.15, -0.1) is 0 Å². The van der Waals surface area contributed by atoms with Gasteiger partial charge in [0.05, 0.1) is 17.6 Å². The van der Waals surface area contributed by atoms with E-state index in [4.69, 9.17) is 4.74 Å². The SMILES string of the molecule is COCC(=O)N1CCc2[nH]cnc2C12CCN(C(=O)[C@H](C)N1CCCC1=O)CC2. The van der Waals surface area contributed by atoms with Gasteiger partial charge in [0, 0.05) is 51.8 Å². The highest BCUT2D eigenvalue weighted by Crippen LogP contribution is 2.42. The molecule has 1 atom stereocenters. The molecule has 3 aliphatic heterocycles. The van der Waals surface area contributed by atoms with Crippen LogP contribution in [0.15, 0.2) is 6.33 Å². The van der Waals surface area contributed by atoms with E-state index in [1.54, 1.807) is 11.2 Å². The first-order chi connectivity index (χ1) is 14.0. The monoisotopic (exact) mass is 403 g/mol. The van der Waals surface area contributed by atoms with Gasteiger partial charge in [0.15, 0.2) is 0 Å². The number of methoxy groups -OCH3 is 1. The van der Waals surface area contributed by atoms with E-state index >= 15 is 0 Å². The van der Waals surface area contributed by atoms with Crippen LogP contribution < -0.4 is 0 Å². The lowest BCUT2D eigenvalue weighted by Crippen LogP contribution is -2.60. The van der Waals surface area contributed by atoms with Crippen molar-refractivity contribution in [1.82, 2.24) is 24.7 Å². The molecule has 2 fully saturated rings. The molecule has 3 aliphatic rings. The number of carbonyl (C=O) groups excluding carboxylic acids is 3. The van der Waals surface area contributed by atoms with Crippen molar-refractivity contribution in [2.75, 3.05) is 39.9 Å². The van der Waals surface area contributed by atoms with Crippen LogP contribution in [0.1, 0.15) is 44.0 Å². The Morgan fingerprint density at radius 1 is 1.24 bits per heavy atom. The van der Waals surface area contributed by atoms with Crippen molar-refractivity contribution >= 4 is 17.7 Å². The van der Waals surface area contributed by atoms with Gasteiger partial charge in [-0.2, -0.15) is 0 Å². The molecule has 4 heterocycles. The van der Waals surface area contributed by atoms with Gasteiger partial charge < -0.3 is 24.4 Å². The average Bonchev–Trinajstić information content (AvgIpc) is 3.37. The van der Waals surface area contributed by atoms with Gasteiger partial charge in [-0.3, -0.25) is 14.4 Å². The number of fused-ring (bicyclic) bond motifs is 2. The quantitative estimate of drug-likeness (QED) is 0.778. The number of H-pyrrole nitrogens is 1. The van der Waals surface area contributed by atoms with E-state index < -0.39 is 11.6 Å². The second-order valence-corrected chi connectivity index (χ2v) is 8.18. The first-order valence-corrected chi connectivity index (χ1v) is 10.4. The van der Waals surface area contributed by atoms with Crippen molar-refractivity contribution in [2.24, 2.45) is 0 Å². The maximum Gasteiger partial charge on any atom is 0.249 e. The van der Waals surface area contributed by atoms with Crippen molar-refractivity contribution < 1.29 is 19.1 Å². The van der Waals surface area contributed by atoms with Crippen LogP contribution in [0.3, 0.4) is 0 Å². The van der Waals surface area contributed by atoms with Crippen molar-refractivity contribution in [1.29, 1.82) is 0 Å². The zero-order chi connectivity index (χ0) is 20.6. The third-order valence-electron chi connectivity index (χ3n) is 6.67. The highest BCUT2D eigenvalue weighted by atomic mass is 16.5. The molecular formula is C20H29N5O4. The molecule has 1 N–H and O–H groups in total. The number of likely N-dealkylation sites (tertiary alicyclic amines) is 2. The van der Waals surface area contributed by atoms with Crippen LogP contribution in [0.2, 0.25) is 0 Å². The number of piperidine rings is 1. The molecule has 3 amide bonds. The third kappa shape index (κ3) is 3.31. The van der Waals surface area contributed by atoms with Gasteiger partial charge in [0.2, 0.25) is 17.7 Å². The molecule has 2 saturated heterocycles. The van der Waals surface area contributed by atoms with Gasteiger partial charge >= 0.3 is 0 Å².